The molecule has 0 saturated carbocycles. The fraction of sp³-hybridized carbons (Fsp3) is 0.304. The van der Waals surface area contributed by atoms with Crippen molar-refractivity contribution in [3.8, 4) is 0 Å². The van der Waals surface area contributed by atoms with Crippen molar-refractivity contribution >= 4 is 16.9 Å². The first kappa shape index (κ1) is 17.5. The van der Waals surface area contributed by atoms with Crippen molar-refractivity contribution in [1.82, 2.24) is 4.90 Å². The third-order valence-corrected chi connectivity index (χ3v) is 5.26. The van der Waals surface area contributed by atoms with Crippen molar-refractivity contribution in [2.24, 2.45) is 0 Å². The fourth-order valence-electron chi connectivity index (χ4n) is 3.85. The Hall–Kier alpha value is -2.88. The van der Waals surface area contributed by atoms with Crippen molar-refractivity contribution in [3.05, 3.63) is 81.2 Å². The van der Waals surface area contributed by atoms with Crippen molar-refractivity contribution in [3.63, 3.8) is 0 Å². The van der Waals surface area contributed by atoms with Crippen LogP contribution in [-0.4, -0.2) is 17.4 Å². The third-order valence-electron chi connectivity index (χ3n) is 5.26. The lowest BCUT2D eigenvalue weighted by atomic mass is 9.95. The number of carbonyl (C=O) groups excluding carboxylic acids is 1. The number of rotatable bonds is 4. The molecule has 1 amide bonds. The maximum Gasteiger partial charge on any atom is 0.290 e. The second-order valence-electron chi connectivity index (χ2n) is 7.39. The first-order valence-electron chi connectivity index (χ1n) is 9.49. The Morgan fingerprint density at radius 1 is 1.04 bits per heavy atom. The summed E-state index contributed by atoms with van der Waals surface area (Å²) >= 11 is 0. The van der Waals surface area contributed by atoms with Crippen molar-refractivity contribution in [2.75, 3.05) is 6.54 Å². The summed E-state index contributed by atoms with van der Waals surface area (Å²) in [5.41, 5.74) is 2.99. The summed E-state index contributed by atoms with van der Waals surface area (Å²) in [6.45, 7) is 6.90. The van der Waals surface area contributed by atoms with Gasteiger partial charge >= 0.3 is 0 Å². The standard InChI is InChI=1S/C23H23NO3/c1-4-13-24-20(16-11-9-15(10-12-16)14(2)3)19-21(25)17-7-5-6-8-18(17)27-22(19)23(24)26/h5-12,14,20H,4,13H2,1-3H3. The molecular weight excluding hydrogens is 338 g/mol. The highest BCUT2D eigenvalue weighted by molar-refractivity contribution is 5.99. The summed E-state index contributed by atoms with van der Waals surface area (Å²) < 4.78 is 5.90. The number of fused-ring (bicyclic) bond motifs is 2. The van der Waals surface area contributed by atoms with Crippen LogP contribution in [0.25, 0.3) is 11.0 Å². The van der Waals surface area contributed by atoms with E-state index >= 15 is 0 Å². The SMILES string of the molecule is CCCN1C(=O)c2oc3ccccc3c(=O)c2C1c1ccc(C(C)C)cc1. The maximum atomic E-state index is 13.2. The fourth-order valence-corrected chi connectivity index (χ4v) is 3.85. The van der Waals surface area contributed by atoms with Gasteiger partial charge in [0.2, 0.25) is 5.76 Å². The summed E-state index contributed by atoms with van der Waals surface area (Å²) in [6, 6.07) is 14.9. The van der Waals surface area contributed by atoms with Gasteiger partial charge in [-0.1, -0.05) is 57.2 Å². The maximum absolute atomic E-state index is 13.2. The summed E-state index contributed by atoms with van der Waals surface area (Å²) in [4.78, 5) is 28.0. The molecule has 0 saturated heterocycles. The van der Waals surface area contributed by atoms with Gasteiger partial charge in [0.05, 0.1) is 17.0 Å². The average molecular weight is 361 g/mol. The Bertz CT molecular complexity index is 1060. The summed E-state index contributed by atoms with van der Waals surface area (Å²) in [7, 11) is 0. The van der Waals surface area contributed by atoms with Crippen molar-refractivity contribution in [2.45, 2.75) is 39.2 Å². The molecule has 0 N–H and O–H groups in total. The molecular formula is C23H23NO3. The molecule has 3 aromatic rings. The number of hydrogen-bond acceptors (Lipinski definition) is 3. The molecule has 1 unspecified atom stereocenters. The molecule has 4 heteroatoms. The number of benzene rings is 2. The summed E-state index contributed by atoms with van der Waals surface area (Å²) in [5.74, 6) is 0.412. The largest absolute Gasteiger partial charge is 0.450 e. The number of hydrogen-bond donors (Lipinski definition) is 0. The smallest absolute Gasteiger partial charge is 0.290 e. The second kappa shape index (κ2) is 6.69. The first-order chi connectivity index (χ1) is 13.0. The van der Waals surface area contributed by atoms with Crippen molar-refractivity contribution < 1.29 is 9.21 Å². The van der Waals surface area contributed by atoms with E-state index in [2.05, 4.69) is 26.0 Å². The lowest BCUT2D eigenvalue weighted by Gasteiger charge is -2.25. The van der Waals surface area contributed by atoms with Crippen LogP contribution in [0.3, 0.4) is 0 Å². The molecule has 0 fully saturated rings. The quantitative estimate of drug-likeness (QED) is 0.666. The second-order valence-corrected chi connectivity index (χ2v) is 7.39. The normalized spacial score (nSPS) is 16.4. The van der Waals surface area contributed by atoms with Crippen LogP contribution in [0.5, 0.6) is 0 Å². The summed E-state index contributed by atoms with van der Waals surface area (Å²) in [5, 5.41) is 0.520. The van der Waals surface area contributed by atoms with E-state index in [-0.39, 0.29) is 17.1 Å². The Balaban J connectivity index is 1.94. The van der Waals surface area contributed by atoms with E-state index in [0.717, 1.165) is 12.0 Å². The van der Waals surface area contributed by atoms with Crippen LogP contribution >= 0.6 is 0 Å². The third kappa shape index (κ3) is 2.76. The Morgan fingerprint density at radius 2 is 1.74 bits per heavy atom. The van der Waals surface area contributed by atoms with Gasteiger partial charge in [0.25, 0.3) is 5.91 Å². The Labute approximate surface area is 158 Å². The van der Waals surface area contributed by atoms with Crippen LogP contribution in [0.4, 0.5) is 0 Å². The highest BCUT2D eigenvalue weighted by atomic mass is 16.3. The minimum atomic E-state index is -0.394. The number of amides is 1. The predicted octanol–water partition coefficient (Wildman–Crippen LogP) is 4.87. The van der Waals surface area contributed by atoms with Crippen LogP contribution in [0, 0.1) is 0 Å². The van der Waals surface area contributed by atoms with Crippen LogP contribution in [0.1, 0.15) is 66.4 Å². The van der Waals surface area contributed by atoms with E-state index in [1.54, 1.807) is 17.0 Å². The molecule has 27 heavy (non-hydrogen) atoms. The lowest BCUT2D eigenvalue weighted by Crippen LogP contribution is -2.30. The van der Waals surface area contributed by atoms with Gasteiger partial charge in [-0.15, -0.1) is 0 Å². The minimum absolute atomic E-state index is 0.114. The molecule has 2 heterocycles. The van der Waals surface area contributed by atoms with Crippen LogP contribution in [0.15, 0.2) is 57.7 Å². The molecule has 0 aliphatic carbocycles. The highest BCUT2D eigenvalue weighted by Gasteiger charge is 2.42. The molecule has 0 spiro atoms. The van der Waals surface area contributed by atoms with E-state index in [1.165, 1.54) is 5.56 Å². The van der Waals surface area contributed by atoms with E-state index in [1.807, 2.05) is 31.2 Å². The monoisotopic (exact) mass is 361 g/mol. The van der Waals surface area contributed by atoms with Gasteiger partial charge in [0.1, 0.15) is 5.58 Å². The zero-order valence-corrected chi connectivity index (χ0v) is 15.9. The van der Waals surface area contributed by atoms with Gasteiger partial charge in [-0.2, -0.15) is 0 Å². The van der Waals surface area contributed by atoms with Gasteiger partial charge in [0, 0.05) is 6.54 Å². The highest BCUT2D eigenvalue weighted by Crippen LogP contribution is 2.38. The topological polar surface area (TPSA) is 50.5 Å². The average Bonchev–Trinajstić information content (AvgIpc) is 2.95. The molecule has 1 aliphatic heterocycles. The van der Waals surface area contributed by atoms with Crippen molar-refractivity contribution in [1.29, 1.82) is 0 Å². The zero-order valence-electron chi connectivity index (χ0n) is 15.9. The molecule has 4 nitrogen and oxygen atoms in total. The van der Waals surface area contributed by atoms with E-state index in [0.29, 0.717) is 29.0 Å². The minimum Gasteiger partial charge on any atom is -0.450 e. The molecule has 1 atom stereocenters. The first-order valence-corrected chi connectivity index (χ1v) is 9.49. The van der Waals surface area contributed by atoms with Gasteiger partial charge in [-0.25, -0.2) is 0 Å². The number of nitrogens with zero attached hydrogens (tertiary/aromatic N) is 1. The van der Waals surface area contributed by atoms with Gasteiger partial charge in [0.15, 0.2) is 5.43 Å². The van der Waals surface area contributed by atoms with E-state index < -0.39 is 6.04 Å². The van der Waals surface area contributed by atoms with Crippen LogP contribution < -0.4 is 5.43 Å². The number of carbonyl (C=O) groups is 1. The molecule has 0 radical (unpaired) electrons. The Morgan fingerprint density at radius 3 is 2.41 bits per heavy atom. The molecule has 1 aromatic heterocycles. The molecule has 0 bridgehead atoms. The molecule has 1 aliphatic rings. The van der Waals surface area contributed by atoms with Gasteiger partial charge < -0.3 is 9.32 Å². The zero-order chi connectivity index (χ0) is 19.1. The van der Waals surface area contributed by atoms with Gasteiger partial charge in [-0.3, -0.25) is 9.59 Å². The number of para-hydroxylation sites is 1. The van der Waals surface area contributed by atoms with Crippen LogP contribution in [0.2, 0.25) is 0 Å². The lowest BCUT2D eigenvalue weighted by molar-refractivity contribution is 0.0728. The van der Waals surface area contributed by atoms with Crippen LogP contribution in [-0.2, 0) is 0 Å². The summed E-state index contributed by atoms with van der Waals surface area (Å²) in [6.07, 6.45) is 0.814. The molecule has 138 valence electrons. The molecule has 4 rings (SSSR count). The Kier molecular flexibility index (Phi) is 4.34. The van der Waals surface area contributed by atoms with E-state index in [4.69, 9.17) is 4.42 Å². The van der Waals surface area contributed by atoms with Gasteiger partial charge in [-0.05, 0) is 35.6 Å². The molecule has 2 aromatic carbocycles. The van der Waals surface area contributed by atoms with E-state index in [9.17, 15) is 9.59 Å². The predicted molar refractivity (Wildman–Crippen MR) is 106 cm³/mol.